The highest BCUT2D eigenvalue weighted by Gasteiger charge is 2.40. The molecule has 3 aliphatic heterocycles. The van der Waals surface area contributed by atoms with Crippen molar-refractivity contribution in [1.82, 2.24) is 10.2 Å². The lowest BCUT2D eigenvalue weighted by atomic mass is 9.96. The Kier molecular flexibility index (Phi) is 4.55. The maximum Gasteiger partial charge on any atom is 0.255 e. The standard InChI is InChI=1S/C23H24N4O3/c24-17-10-14-4-1-2-7-18(14)26(13-17)11-15-5-3-6-16-12-27(23(30)21(15)16)19-8-9-20(28)25-22(19)29/h1-7,17,19H,8-13,24H2,(H,25,28,29). The van der Waals surface area contributed by atoms with Crippen molar-refractivity contribution in [2.75, 3.05) is 11.4 Å². The number of anilines is 1. The smallest absolute Gasteiger partial charge is 0.255 e. The van der Waals surface area contributed by atoms with Crippen LogP contribution in [0.1, 0.15) is 39.9 Å². The molecule has 3 amide bonds. The summed E-state index contributed by atoms with van der Waals surface area (Å²) in [5, 5.41) is 2.36. The minimum absolute atomic E-state index is 0.0485. The van der Waals surface area contributed by atoms with Crippen LogP contribution in [-0.2, 0) is 29.1 Å². The molecule has 2 aromatic carbocycles. The topological polar surface area (TPSA) is 95.7 Å². The molecule has 0 radical (unpaired) electrons. The highest BCUT2D eigenvalue weighted by molar-refractivity contribution is 6.06. The number of imide groups is 1. The number of rotatable bonds is 3. The summed E-state index contributed by atoms with van der Waals surface area (Å²) in [5.74, 6) is -0.796. The van der Waals surface area contributed by atoms with Crippen LogP contribution in [0.15, 0.2) is 42.5 Å². The van der Waals surface area contributed by atoms with E-state index < -0.39 is 6.04 Å². The van der Waals surface area contributed by atoms with Gasteiger partial charge in [-0.3, -0.25) is 19.7 Å². The maximum absolute atomic E-state index is 13.3. The molecule has 0 saturated carbocycles. The van der Waals surface area contributed by atoms with Crippen molar-refractivity contribution in [3.63, 3.8) is 0 Å². The van der Waals surface area contributed by atoms with E-state index in [-0.39, 0.29) is 30.2 Å². The minimum Gasteiger partial charge on any atom is -0.365 e. The van der Waals surface area contributed by atoms with E-state index in [1.807, 2.05) is 30.3 Å². The SMILES string of the molecule is NC1Cc2ccccc2N(Cc2cccc3c2C(=O)N(C2CCC(=O)NC2=O)C3)C1. The third kappa shape index (κ3) is 3.15. The van der Waals surface area contributed by atoms with Crippen LogP contribution in [0.5, 0.6) is 0 Å². The van der Waals surface area contributed by atoms with Crippen molar-refractivity contribution >= 4 is 23.4 Å². The summed E-state index contributed by atoms with van der Waals surface area (Å²) < 4.78 is 0. The van der Waals surface area contributed by atoms with Gasteiger partial charge in [0.15, 0.2) is 0 Å². The first kappa shape index (κ1) is 18.8. The van der Waals surface area contributed by atoms with Gasteiger partial charge in [0.2, 0.25) is 11.8 Å². The van der Waals surface area contributed by atoms with Gasteiger partial charge in [0.05, 0.1) is 0 Å². The Morgan fingerprint density at radius 3 is 2.67 bits per heavy atom. The summed E-state index contributed by atoms with van der Waals surface area (Å²) >= 11 is 0. The first-order valence-electron chi connectivity index (χ1n) is 10.3. The number of piperidine rings is 1. The Labute approximate surface area is 174 Å². The predicted octanol–water partition coefficient (Wildman–Crippen LogP) is 1.34. The molecule has 0 bridgehead atoms. The molecule has 2 aromatic rings. The number of benzene rings is 2. The molecule has 30 heavy (non-hydrogen) atoms. The molecule has 1 saturated heterocycles. The quantitative estimate of drug-likeness (QED) is 0.753. The molecular formula is C23H24N4O3. The summed E-state index contributed by atoms with van der Waals surface area (Å²) in [6, 6.07) is 13.6. The second-order valence-corrected chi connectivity index (χ2v) is 8.32. The lowest BCUT2D eigenvalue weighted by Crippen LogP contribution is -2.52. The average Bonchev–Trinajstić information content (AvgIpc) is 3.05. The van der Waals surface area contributed by atoms with Crippen LogP contribution >= 0.6 is 0 Å². The van der Waals surface area contributed by atoms with Crippen molar-refractivity contribution in [2.24, 2.45) is 5.73 Å². The summed E-state index contributed by atoms with van der Waals surface area (Å²) in [5.41, 5.74) is 11.2. The Morgan fingerprint density at radius 2 is 1.83 bits per heavy atom. The highest BCUT2D eigenvalue weighted by Crippen LogP contribution is 2.33. The number of hydrogen-bond donors (Lipinski definition) is 2. The van der Waals surface area contributed by atoms with Crippen LogP contribution in [0, 0.1) is 0 Å². The maximum atomic E-state index is 13.3. The molecule has 0 aromatic heterocycles. The van der Waals surface area contributed by atoms with Crippen LogP contribution in [0.25, 0.3) is 0 Å². The van der Waals surface area contributed by atoms with Crippen molar-refractivity contribution in [3.8, 4) is 0 Å². The fraction of sp³-hybridized carbons (Fsp3) is 0.348. The highest BCUT2D eigenvalue weighted by atomic mass is 16.2. The summed E-state index contributed by atoms with van der Waals surface area (Å²) in [6.07, 6.45) is 1.47. The van der Waals surface area contributed by atoms with Crippen LogP contribution in [0.3, 0.4) is 0 Å². The molecule has 1 fully saturated rings. The summed E-state index contributed by atoms with van der Waals surface area (Å²) in [4.78, 5) is 41.0. The van der Waals surface area contributed by atoms with Crippen LogP contribution in [0.2, 0.25) is 0 Å². The molecule has 7 nitrogen and oxygen atoms in total. The van der Waals surface area contributed by atoms with Crippen LogP contribution in [-0.4, -0.2) is 41.2 Å². The molecule has 2 atom stereocenters. The predicted molar refractivity (Wildman–Crippen MR) is 112 cm³/mol. The Hall–Kier alpha value is -3.19. The fourth-order valence-corrected chi connectivity index (χ4v) is 4.90. The van der Waals surface area contributed by atoms with Crippen molar-refractivity contribution < 1.29 is 14.4 Å². The second kappa shape index (κ2) is 7.25. The lowest BCUT2D eigenvalue weighted by Gasteiger charge is -2.35. The largest absolute Gasteiger partial charge is 0.365 e. The van der Waals surface area contributed by atoms with E-state index in [4.69, 9.17) is 5.73 Å². The van der Waals surface area contributed by atoms with Gasteiger partial charge in [0.25, 0.3) is 5.91 Å². The van der Waals surface area contributed by atoms with Gasteiger partial charge in [-0.1, -0.05) is 36.4 Å². The third-order valence-corrected chi connectivity index (χ3v) is 6.27. The van der Waals surface area contributed by atoms with Crippen LogP contribution < -0.4 is 16.0 Å². The molecule has 5 rings (SSSR count). The third-order valence-electron chi connectivity index (χ3n) is 6.27. The Morgan fingerprint density at radius 1 is 1.03 bits per heavy atom. The van der Waals surface area contributed by atoms with E-state index in [1.54, 1.807) is 4.90 Å². The van der Waals surface area contributed by atoms with Gasteiger partial charge in [-0.25, -0.2) is 0 Å². The van der Waals surface area contributed by atoms with Gasteiger partial charge in [-0.15, -0.1) is 0 Å². The van der Waals surface area contributed by atoms with Crippen molar-refractivity contribution in [1.29, 1.82) is 0 Å². The van der Waals surface area contributed by atoms with E-state index in [0.717, 1.165) is 29.8 Å². The zero-order valence-corrected chi connectivity index (χ0v) is 16.6. The van der Waals surface area contributed by atoms with Gasteiger partial charge < -0.3 is 15.5 Å². The van der Waals surface area contributed by atoms with E-state index in [1.165, 1.54) is 5.56 Å². The number of fused-ring (bicyclic) bond motifs is 2. The molecule has 0 spiro atoms. The van der Waals surface area contributed by atoms with Crippen molar-refractivity contribution in [2.45, 2.75) is 44.4 Å². The number of hydrogen-bond acceptors (Lipinski definition) is 5. The van der Waals surface area contributed by atoms with Gasteiger partial charge in [-0.05, 0) is 35.6 Å². The number of nitrogens with one attached hydrogen (secondary N) is 1. The number of nitrogens with zero attached hydrogens (tertiary/aromatic N) is 2. The molecule has 3 N–H and O–H groups in total. The molecule has 2 unspecified atom stereocenters. The fourth-order valence-electron chi connectivity index (χ4n) is 4.90. The zero-order chi connectivity index (χ0) is 20.8. The minimum atomic E-state index is -0.598. The van der Waals surface area contributed by atoms with E-state index in [0.29, 0.717) is 25.1 Å². The molecule has 3 heterocycles. The number of amides is 3. The van der Waals surface area contributed by atoms with Gasteiger partial charge in [0, 0.05) is 43.3 Å². The van der Waals surface area contributed by atoms with Crippen LogP contribution in [0.4, 0.5) is 5.69 Å². The Balaban J connectivity index is 1.43. The van der Waals surface area contributed by atoms with Gasteiger partial charge in [0.1, 0.15) is 6.04 Å². The van der Waals surface area contributed by atoms with E-state index >= 15 is 0 Å². The van der Waals surface area contributed by atoms with E-state index in [2.05, 4.69) is 22.3 Å². The van der Waals surface area contributed by atoms with E-state index in [9.17, 15) is 14.4 Å². The summed E-state index contributed by atoms with van der Waals surface area (Å²) in [7, 11) is 0. The monoisotopic (exact) mass is 404 g/mol. The molecule has 7 heteroatoms. The molecular weight excluding hydrogens is 380 g/mol. The average molecular weight is 404 g/mol. The van der Waals surface area contributed by atoms with Gasteiger partial charge >= 0.3 is 0 Å². The first-order valence-corrected chi connectivity index (χ1v) is 10.3. The zero-order valence-electron chi connectivity index (χ0n) is 16.6. The van der Waals surface area contributed by atoms with Gasteiger partial charge in [-0.2, -0.15) is 0 Å². The molecule has 0 aliphatic carbocycles. The summed E-state index contributed by atoms with van der Waals surface area (Å²) in [6.45, 7) is 1.71. The lowest BCUT2D eigenvalue weighted by molar-refractivity contribution is -0.136. The number of carbonyl (C=O) groups excluding carboxylic acids is 3. The van der Waals surface area contributed by atoms with Crippen molar-refractivity contribution in [3.05, 3.63) is 64.7 Å². The number of para-hydroxylation sites is 1. The molecule has 154 valence electrons. The Bertz CT molecular complexity index is 1050. The normalized spacial score (nSPS) is 23.3. The number of nitrogens with two attached hydrogens (primary N) is 1. The second-order valence-electron chi connectivity index (χ2n) is 8.32. The molecule has 3 aliphatic rings. The number of carbonyl (C=O) groups is 3. The first-order chi connectivity index (χ1) is 14.5.